The van der Waals surface area contributed by atoms with Crippen LogP contribution in [0.4, 0.5) is 0 Å². The van der Waals surface area contributed by atoms with Gasteiger partial charge in [0.1, 0.15) is 23.6 Å². The van der Waals surface area contributed by atoms with Crippen LogP contribution in [0, 0.1) is 0 Å². The lowest BCUT2D eigenvalue weighted by molar-refractivity contribution is 0.0601. The van der Waals surface area contributed by atoms with E-state index in [1.807, 2.05) is 0 Å². The number of imidazole rings is 1. The molecule has 0 N–H and O–H groups in total. The van der Waals surface area contributed by atoms with Crippen molar-refractivity contribution in [2.45, 2.75) is 0 Å². The van der Waals surface area contributed by atoms with Crippen molar-refractivity contribution in [2.24, 2.45) is 0 Å². The van der Waals surface area contributed by atoms with Gasteiger partial charge in [-0.15, -0.1) is 0 Å². The summed E-state index contributed by atoms with van der Waals surface area (Å²) in [7, 11) is 0.0411. The van der Waals surface area contributed by atoms with Crippen LogP contribution in [-0.2, 0) is 14.9 Å². The predicted molar refractivity (Wildman–Crippen MR) is 108 cm³/mol. The van der Waals surface area contributed by atoms with E-state index in [2.05, 4.69) is 16.5 Å². The maximum atomic E-state index is 13.1. The van der Waals surface area contributed by atoms with Crippen molar-refractivity contribution in [1.29, 1.82) is 0 Å². The molecule has 0 radical (unpaired) electrons. The number of methoxy groups -OCH3 is 1. The fourth-order valence-corrected chi connectivity index (χ4v) is 3.79. The summed E-state index contributed by atoms with van der Waals surface area (Å²) in [6, 6.07) is 7.99. The zero-order valence-corrected chi connectivity index (χ0v) is 17.0. The molecule has 0 unspecified atom stereocenters. The second-order valence-electron chi connectivity index (χ2n) is 6.10. The molecule has 3 aromatic rings. The Bertz CT molecular complexity index is 1180. The topological polar surface area (TPSA) is 104 Å². The SMILES string of the molecule is C=CCOc1cccc2c1nc(-c1ncccc1C(=O)OC)n2S(=O)(=O)N(C)C. The van der Waals surface area contributed by atoms with Crippen LogP contribution in [0.5, 0.6) is 5.75 Å². The van der Waals surface area contributed by atoms with Crippen molar-refractivity contribution in [1.82, 2.24) is 18.2 Å². The zero-order valence-electron chi connectivity index (χ0n) is 16.2. The maximum absolute atomic E-state index is 13.1. The fourth-order valence-electron chi connectivity index (χ4n) is 2.72. The minimum atomic E-state index is -4.01. The first-order chi connectivity index (χ1) is 13.8. The maximum Gasteiger partial charge on any atom is 0.340 e. The Hall–Kier alpha value is -3.24. The number of ether oxygens (including phenoxy) is 2. The van der Waals surface area contributed by atoms with Gasteiger partial charge in [-0.05, 0) is 24.3 Å². The Kier molecular flexibility index (Phi) is 5.66. The smallest absolute Gasteiger partial charge is 0.340 e. The summed E-state index contributed by atoms with van der Waals surface area (Å²) in [5.74, 6) is -0.298. The first kappa shape index (κ1) is 20.5. The van der Waals surface area contributed by atoms with E-state index in [-0.39, 0.29) is 29.2 Å². The van der Waals surface area contributed by atoms with E-state index in [4.69, 9.17) is 9.47 Å². The molecule has 0 atom stereocenters. The van der Waals surface area contributed by atoms with E-state index in [0.29, 0.717) is 11.3 Å². The molecular formula is C19H20N4O5S. The fraction of sp³-hybridized carbons (Fsp3) is 0.211. The number of esters is 1. The Morgan fingerprint density at radius 3 is 2.69 bits per heavy atom. The molecule has 29 heavy (non-hydrogen) atoms. The molecular weight excluding hydrogens is 396 g/mol. The summed E-state index contributed by atoms with van der Waals surface area (Å²) in [4.78, 5) is 20.9. The second-order valence-corrected chi connectivity index (χ2v) is 8.10. The lowest BCUT2D eigenvalue weighted by Gasteiger charge is -2.16. The van der Waals surface area contributed by atoms with Crippen LogP contribution < -0.4 is 4.74 Å². The third-order valence-corrected chi connectivity index (χ3v) is 5.83. The highest BCUT2D eigenvalue weighted by Crippen LogP contribution is 2.33. The third kappa shape index (κ3) is 3.59. The number of para-hydroxylation sites is 1. The van der Waals surface area contributed by atoms with Crippen LogP contribution in [0.25, 0.3) is 22.6 Å². The van der Waals surface area contributed by atoms with Crippen LogP contribution in [0.2, 0.25) is 0 Å². The summed E-state index contributed by atoms with van der Waals surface area (Å²) < 4.78 is 38.8. The monoisotopic (exact) mass is 416 g/mol. The van der Waals surface area contributed by atoms with Crippen LogP contribution in [0.1, 0.15) is 10.4 Å². The van der Waals surface area contributed by atoms with Gasteiger partial charge >= 0.3 is 16.2 Å². The summed E-state index contributed by atoms with van der Waals surface area (Å²) in [6.07, 6.45) is 3.02. The van der Waals surface area contributed by atoms with Crippen LogP contribution in [0.15, 0.2) is 49.2 Å². The minimum absolute atomic E-state index is 0.0237. The number of hydrogen-bond acceptors (Lipinski definition) is 7. The van der Waals surface area contributed by atoms with Crippen LogP contribution in [0.3, 0.4) is 0 Å². The highest BCUT2D eigenvalue weighted by Gasteiger charge is 2.29. The van der Waals surface area contributed by atoms with Gasteiger partial charge in [0.15, 0.2) is 5.82 Å². The molecule has 0 aliphatic heterocycles. The number of pyridine rings is 1. The van der Waals surface area contributed by atoms with Gasteiger partial charge in [-0.1, -0.05) is 18.7 Å². The molecule has 0 saturated carbocycles. The standard InChI is InChI=1S/C19H20N4O5S/c1-5-12-28-15-10-6-9-14-17(15)21-18(23(14)29(25,26)22(2)3)16-13(19(24)27-4)8-7-11-20-16/h5-11H,1,12H2,2-4H3. The molecule has 3 rings (SSSR count). The average molecular weight is 416 g/mol. The van der Waals surface area contributed by atoms with Gasteiger partial charge in [0.05, 0.1) is 18.2 Å². The van der Waals surface area contributed by atoms with E-state index < -0.39 is 16.2 Å². The molecule has 1 aromatic carbocycles. The summed E-state index contributed by atoms with van der Waals surface area (Å²) in [5.41, 5.74) is 0.776. The lowest BCUT2D eigenvalue weighted by Crippen LogP contribution is -2.29. The molecule has 10 heteroatoms. The second kappa shape index (κ2) is 8.02. The normalized spacial score (nSPS) is 11.6. The van der Waals surface area contributed by atoms with Crippen molar-refractivity contribution in [3.8, 4) is 17.3 Å². The molecule has 152 valence electrons. The molecule has 0 aliphatic rings. The molecule has 0 amide bonds. The van der Waals surface area contributed by atoms with Crippen molar-refractivity contribution in [3.05, 3.63) is 54.7 Å². The summed E-state index contributed by atoms with van der Waals surface area (Å²) in [5, 5.41) is 0. The van der Waals surface area contributed by atoms with Crippen molar-refractivity contribution in [3.63, 3.8) is 0 Å². The largest absolute Gasteiger partial charge is 0.487 e. The molecule has 0 bridgehead atoms. The lowest BCUT2D eigenvalue weighted by atomic mass is 10.2. The van der Waals surface area contributed by atoms with E-state index in [1.54, 1.807) is 30.3 Å². The Morgan fingerprint density at radius 1 is 1.28 bits per heavy atom. The van der Waals surface area contributed by atoms with E-state index in [1.165, 1.54) is 33.5 Å². The number of benzene rings is 1. The Labute approximate surface area is 168 Å². The number of rotatable bonds is 7. The third-order valence-electron chi connectivity index (χ3n) is 4.08. The van der Waals surface area contributed by atoms with Gasteiger partial charge in [-0.2, -0.15) is 12.7 Å². The molecule has 9 nitrogen and oxygen atoms in total. The molecule has 0 spiro atoms. The predicted octanol–water partition coefficient (Wildman–Crippen LogP) is 2.10. The Morgan fingerprint density at radius 2 is 2.03 bits per heavy atom. The van der Waals surface area contributed by atoms with Gasteiger partial charge in [-0.3, -0.25) is 4.98 Å². The number of carbonyl (C=O) groups is 1. The highest BCUT2D eigenvalue weighted by atomic mass is 32.2. The minimum Gasteiger partial charge on any atom is -0.487 e. The van der Waals surface area contributed by atoms with Gasteiger partial charge in [-0.25, -0.2) is 13.8 Å². The van der Waals surface area contributed by atoms with E-state index in [0.717, 1.165) is 8.28 Å². The van der Waals surface area contributed by atoms with E-state index >= 15 is 0 Å². The first-order valence-corrected chi connectivity index (χ1v) is 9.94. The molecule has 2 aromatic heterocycles. The van der Waals surface area contributed by atoms with Gasteiger partial charge in [0, 0.05) is 20.3 Å². The van der Waals surface area contributed by atoms with Gasteiger partial charge in [0.25, 0.3) is 0 Å². The van der Waals surface area contributed by atoms with E-state index in [9.17, 15) is 13.2 Å². The van der Waals surface area contributed by atoms with Gasteiger partial charge in [0.2, 0.25) is 0 Å². The quantitative estimate of drug-likeness (QED) is 0.429. The highest BCUT2D eigenvalue weighted by molar-refractivity contribution is 7.87. The number of fused-ring (bicyclic) bond motifs is 1. The molecule has 0 aliphatic carbocycles. The number of carbonyl (C=O) groups excluding carboxylic acids is 1. The summed E-state index contributed by atoms with van der Waals surface area (Å²) in [6.45, 7) is 3.84. The molecule has 0 saturated heterocycles. The van der Waals surface area contributed by atoms with Crippen LogP contribution in [-0.4, -0.2) is 60.4 Å². The number of hydrogen-bond donors (Lipinski definition) is 0. The van der Waals surface area contributed by atoms with Crippen molar-refractivity contribution in [2.75, 3.05) is 27.8 Å². The molecule has 2 heterocycles. The Balaban J connectivity index is 2.41. The zero-order chi connectivity index (χ0) is 21.2. The van der Waals surface area contributed by atoms with Crippen molar-refractivity contribution < 1.29 is 22.7 Å². The van der Waals surface area contributed by atoms with Crippen molar-refractivity contribution >= 4 is 27.2 Å². The first-order valence-electron chi connectivity index (χ1n) is 8.54. The van der Waals surface area contributed by atoms with Gasteiger partial charge < -0.3 is 9.47 Å². The van der Waals surface area contributed by atoms with Crippen LogP contribution >= 0.6 is 0 Å². The summed E-state index contributed by atoms with van der Waals surface area (Å²) >= 11 is 0. The number of nitrogens with zero attached hydrogens (tertiary/aromatic N) is 4. The number of aromatic nitrogens is 3. The average Bonchev–Trinajstić information content (AvgIpc) is 3.12. The molecule has 0 fully saturated rings.